The lowest BCUT2D eigenvalue weighted by atomic mass is 9.90. The standard InChI is InChI=1S/C30H35ClFN5O2/c1-38-17-25(18-39-2)35-23-7-9-24(10-8-23)36-30-14-26(27(31)15-33-30)21-6-11-28-29(13-21)37(19-34-28)16-20-4-3-5-22(32)12-20/h3-6,11-15,19,23-25,35H,7-10,16-18H2,1-2H3,(H,33,36)/t23-,24-. The molecule has 39 heavy (non-hydrogen) atoms. The van der Waals surface area contributed by atoms with E-state index in [2.05, 4.69) is 26.7 Å². The van der Waals surface area contributed by atoms with Gasteiger partial charge in [0.25, 0.3) is 0 Å². The molecule has 2 heterocycles. The lowest BCUT2D eigenvalue weighted by Gasteiger charge is -2.32. The molecule has 0 saturated heterocycles. The van der Waals surface area contributed by atoms with Crippen LogP contribution in [0.25, 0.3) is 22.2 Å². The molecule has 0 bridgehead atoms. The fourth-order valence-electron chi connectivity index (χ4n) is 5.41. The molecule has 1 fully saturated rings. The highest BCUT2D eigenvalue weighted by Gasteiger charge is 2.24. The van der Waals surface area contributed by atoms with Crippen molar-refractivity contribution in [3.05, 3.63) is 77.5 Å². The van der Waals surface area contributed by atoms with E-state index in [1.165, 1.54) is 6.07 Å². The predicted octanol–water partition coefficient (Wildman–Crippen LogP) is 5.91. The molecule has 0 aliphatic heterocycles. The number of hydrogen-bond acceptors (Lipinski definition) is 6. The van der Waals surface area contributed by atoms with Crippen LogP contribution in [0.2, 0.25) is 5.02 Å². The molecule has 206 valence electrons. The van der Waals surface area contributed by atoms with Crippen molar-refractivity contribution in [3.63, 3.8) is 0 Å². The summed E-state index contributed by atoms with van der Waals surface area (Å²) in [7, 11) is 3.44. The molecule has 0 unspecified atom stereocenters. The number of aromatic nitrogens is 3. The van der Waals surface area contributed by atoms with E-state index in [0.717, 1.165) is 59.2 Å². The van der Waals surface area contributed by atoms with Gasteiger partial charge in [0.2, 0.25) is 0 Å². The van der Waals surface area contributed by atoms with Gasteiger partial charge in [0.05, 0.1) is 41.6 Å². The number of imidazole rings is 1. The zero-order valence-corrected chi connectivity index (χ0v) is 23.1. The molecule has 1 aliphatic rings. The third-order valence-corrected chi connectivity index (χ3v) is 7.62. The number of nitrogens with one attached hydrogen (secondary N) is 2. The van der Waals surface area contributed by atoms with E-state index < -0.39 is 0 Å². The normalized spacial score (nSPS) is 17.7. The Hall–Kier alpha value is -3.04. The molecule has 2 aromatic carbocycles. The topological polar surface area (TPSA) is 73.2 Å². The van der Waals surface area contributed by atoms with Crippen LogP contribution in [0.15, 0.2) is 61.1 Å². The number of methoxy groups -OCH3 is 2. The highest BCUT2D eigenvalue weighted by molar-refractivity contribution is 6.33. The zero-order chi connectivity index (χ0) is 27.2. The Labute approximate surface area is 233 Å². The van der Waals surface area contributed by atoms with E-state index >= 15 is 0 Å². The molecule has 5 rings (SSSR count). The van der Waals surface area contributed by atoms with Gasteiger partial charge in [-0.2, -0.15) is 0 Å². The van der Waals surface area contributed by atoms with Crippen molar-refractivity contribution in [3.8, 4) is 11.1 Å². The van der Waals surface area contributed by atoms with Crippen LogP contribution >= 0.6 is 11.6 Å². The summed E-state index contributed by atoms with van der Waals surface area (Å²) in [5.41, 5.74) is 4.61. The van der Waals surface area contributed by atoms with Crippen molar-refractivity contribution in [2.24, 2.45) is 0 Å². The lowest BCUT2D eigenvalue weighted by molar-refractivity contribution is 0.0939. The maximum atomic E-state index is 13.7. The van der Waals surface area contributed by atoms with Crippen LogP contribution < -0.4 is 10.6 Å². The number of ether oxygens (including phenoxy) is 2. The van der Waals surface area contributed by atoms with Crippen molar-refractivity contribution in [1.82, 2.24) is 19.9 Å². The van der Waals surface area contributed by atoms with Gasteiger partial charge < -0.3 is 24.7 Å². The highest BCUT2D eigenvalue weighted by atomic mass is 35.5. The largest absolute Gasteiger partial charge is 0.383 e. The molecule has 0 amide bonds. The van der Waals surface area contributed by atoms with Gasteiger partial charge in [-0.25, -0.2) is 14.4 Å². The number of benzene rings is 2. The quantitative estimate of drug-likeness (QED) is 0.241. The summed E-state index contributed by atoms with van der Waals surface area (Å²) in [5.74, 6) is 0.572. The Balaban J connectivity index is 1.27. The molecule has 2 N–H and O–H groups in total. The van der Waals surface area contributed by atoms with E-state index in [-0.39, 0.29) is 11.9 Å². The highest BCUT2D eigenvalue weighted by Crippen LogP contribution is 2.32. The second kappa shape index (κ2) is 12.9. The second-order valence-electron chi connectivity index (χ2n) is 10.2. The van der Waals surface area contributed by atoms with Crippen LogP contribution in [0, 0.1) is 5.82 Å². The lowest BCUT2D eigenvalue weighted by Crippen LogP contribution is -2.46. The number of fused-ring (bicyclic) bond motifs is 1. The van der Waals surface area contributed by atoms with Crippen LogP contribution in [0.1, 0.15) is 31.2 Å². The Kier molecular flexibility index (Phi) is 9.09. The summed E-state index contributed by atoms with van der Waals surface area (Å²) in [5, 5.41) is 7.89. The first-order valence-corrected chi connectivity index (χ1v) is 13.8. The average molecular weight is 552 g/mol. The van der Waals surface area contributed by atoms with Gasteiger partial charge in [-0.05, 0) is 67.1 Å². The summed E-state index contributed by atoms with van der Waals surface area (Å²) in [6.07, 6.45) is 7.76. The molecular weight excluding hydrogens is 517 g/mol. The van der Waals surface area contributed by atoms with Crippen molar-refractivity contribution < 1.29 is 13.9 Å². The number of hydrogen-bond donors (Lipinski definition) is 2. The van der Waals surface area contributed by atoms with Gasteiger partial charge >= 0.3 is 0 Å². The number of anilines is 1. The summed E-state index contributed by atoms with van der Waals surface area (Å²) >= 11 is 6.62. The molecule has 0 radical (unpaired) electrons. The SMILES string of the molecule is COCC(COC)N[C@H]1CC[C@H](Nc2cc(-c3ccc4ncn(Cc5cccc(F)c5)c4c3)c(Cl)cn2)CC1. The monoisotopic (exact) mass is 551 g/mol. The Morgan fingerprint density at radius 1 is 1.00 bits per heavy atom. The maximum Gasteiger partial charge on any atom is 0.126 e. The second-order valence-corrected chi connectivity index (χ2v) is 10.6. The number of pyridine rings is 1. The van der Waals surface area contributed by atoms with Crippen LogP contribution in [-0.2, 0) is 16.0 Å². The Bertz CT molecular complexity index is 1380. The number of rotatable bonds is 11. The molecule has 4 aromatic rings. The van der Waals surface area contributed by atoms with E-state index in [4.69, 9.17) is 21.1 Å². The molecular formula is C30H35ClFN5O2. The van der Waals surface area contributed by atoms with Gasteiger partial charge in [0.1, 0.15) is 11.6 Å². The number of nitrogens with zero attached hydrogens (tertiary/aromatic N) is 3. The van der Waals surface area contributed by atoms with E-state index in [1.54, 1.807) is 38.9 Å². The summed E-state index contributed by atoms with van der Waals surface area (Å²) in [6.45, 7) is 1.81. The van der Waals surface area contributed by atoms with Crippen LogP contribution in [-0.4, -0.2) is 60.1 Å². The first-order valence-electron chi connectivity index (χ1n) is 13.4. The fourth-order valence-corrected chi connectivity index (χ4v) is 5.63. The molecule has 1 saturated carbocycles. The van der Waals surface area contributed by atoms with E-state index in [0.29, 0.717) is 36.9 Å². The third kappa shape index (κ3) is 6.94. The molecule has 0 spiro atoms. The third-order valence-electron chi connectivity index (χ3n) is 7.32. The van der Waals surface area contributed by atoms with Gasteiger partial charge in [-0.1, -0.05) is 29.8 Å². The minimum atomic E-state index is -0.243. The van der Waals surface area contributed by atoms with Crippen LogP contribution in [0.5, 0.6) is 0 Å². The predicted molar refractivity (Wildman–Crippen MR) is 154 cm³/mol. The van der Waals surface area contributed by atoms with Crippen LogP contribution in [0.4, 0.5) is 10.2 Å². The van der Waals surface area contributed by atoms with Crippen molar-refractivity contribution >= 4 is 28.5 Å². The maximum absolute atomic E-state index is 13.7. The average Bonchev–Trinajstić information content (AvgIpc) is 3.33. The molecule has 9 heteroatoms. The minimum absolute atomic E-state index is 0.206. The van der Waals surface area contributed by atoms with Crippen LogP contribution in [0.3, 0.4) is 0 Å². The zero-order valence-electron chi connectivity index (χ0n) is 22.4. The Morgan fingerprint density at radius 3 is 2.51 bits per heavy atom. The minimum Gasteiger partial charge on any atom is -0.383 e. The summed E-state index contributed by atoms with van der Waals surface area (Å²) in [6, 6.07) is 15.8. The van der Waals surface area contributed by atoms with E-state index in [1.807, 2.05) is 28.8 Å². The van der Waals surface area contributed by atoms with Gasteiger partial charge in [0, 0.05) is 44.6 Å². The van der Waals surface area contributed by atoms with Crippen molar-refractivity contribution in [2.45, 2.75) is 50.4 Å². The van der Waals surface area contributed by atoms with Crippen molar-refractivity contribution in [2.75, 3.05) is 32.8 Å². The molecule has 1 aliphatic carbocycles. The molecule has 2 aromatic heterocycles. The summed E-state index contributed by atoms with van der Waals surface area (Å²) in [4.78, 5) is 9.09. The Morgan fingerprint density at radius 2 is 1.77 bits per heavy atom. The number of halogens is 2. The fraction of sp³-hybridized carbons (Fsp3) is 0.400. The first-order chi connectivity index (χ1) is 19.0. The molecule has 7 nitrogen and oxygen atoms in total. The van der Waals surface area contributed by atoms with Gasteiger partial charge in [0.15, 0.2) is 0 Å². The van der Waals surface area contributed by atoms with Crippen molar-refractivity contribution in [1.29, 1.82) is 0 Å². The van der Waals surface area contributed by atoms with E-state index in [9.17, 15) is 4.39 Å². The summed E-state index contributed by atoms with van der Waals surface area (Å²) < 4.78 is 26.4. The smallest absolute Gasteiger partial charge is 0.126 e. The first kappa shape index (κ1) is 27.5. The molecule has 0 atom stereocenters. The van der Waals surface area contributed by atoms with Gasteiger partial charge in [-0.15, -0.1) is 0 Å². The van der Waals surface area contributed by atoms with Gasteiger partial charge in [-0.3, -0.25) is 0 Å².